The van der Waals surface area contributed by atoms with Crippen LogP contribution in [0.2, 0.25) is 0 Å². The standard InChI is InChI=1S/C45H79NO7/c1-5-9-10-11-12-13-14-15-16-17-18-19-20-21-22-24-43(47)51-35-39(37-53-45(49)50-34-23-33-46(7-3)8-4)36-52-44(48)42-31-29-41(30-32-42)40-27-25-38(6-2)26-28-40/h12-13,15-16,38-42H,5-11,14,17-37H2,1-4H3/b13-12-,16-15-/t38-,39?,40-,41-,42-. The molecule has 53 heavy (non-hydrogen) atoms. The third kappa shape index (κ3) is 22.6. The predicted octanol–water partition coefficient (Wildman–Crippen LogP) is 11.4. The summed E-state index contributed by atoms with van der Waals surface area (Å²) >= 11 is 0. The molecule has 1 unspecified atom stereocenters. The van der Waals surface area contributed by atoms with Gasteiger partial charge in [0.2, 0.25) is 0 Å². The molecule has 2 saturated carbocycles. The Hall–Kier alpha value is -2.35. The monoisotopic (exact) mass is 746 g/mol. The van der Waals surface area contributed by atoms with E-state index in [0.717, 1.165) is 108 Å². The number of nitrogens with zero attached hydrogens (tertiary/aromatic N) is 1. The Morgan fingerprint density at radius 1 is 0.623 bits per heavy atom. The van der Waals surface area contributed by atoms with Crippen LogP contribution in [0.4, 0.5) is 4.79 Å². The molecule has 2 rings (SSSR count). The van der Waals surface area contributed by atoms with Crippen molar-refractivity contribution in [2.24, 2.45) is 29.6 Å². The molecule has 306 valence electrons. The van der Waals surface area contributed by atoms with Crippen molar-refractivity contribution in [2.75, 3.05) is 46.1 Å². The average molecular weight is 746 g/mol. The van der Waals surface area contributed by atoms with Gasteiger partial charge in [-0.25, -0.2) is 4.79 Å². The molecule has 0 aromatic heterocycles. The molecule has 2 aliphatic carbocycles. The van der Waals surface area contributed by atoms with Crippen molar-refractivity contribution < 1.29 is 33.3 Å². The van der Waals surface area contributed by atoms with E-state index in [1.54, 1.807) is 0 Å². The van der Waals surface area contributed by atoms with Crippen molar-refractivity contribution in [3.8, 4) is 0 Å². The Kier molecular flexibility index (Phi) is 27.3. The molecule has 0 saturated heterocycles. The lowest BCUT2D eigenvalue weighted by molar-refractivity contribution is -0.154. The van der Waals surface area contributed by atoms with Crippen molar-refractivity contribution in [3.05, 3.63) is 24.3 Å². The maximum absolute atomic E-state index is 13.1. The summed E-state index contributed by atoms with van der Waals surface area (Å²) < 4.78 is 22.1. The highest BCUT2D eigenvalue weighted by Gasteiger charge is 2.33. The SMILES string of the molecule is CCCCC/C=C\C/C=C\CCCCCCCC(=O)OCC(COC(=O)OCCCN(CC)CC)COC(=O)[C@H]1CC[C@H]([C@H]2CC[C@H](CC)CC2)CC1. The Morgan fingerprint density at radius 2 is 1.21 bits per heavy atom. The Bertz CT molecular complexity index is 993. The number of unbranched alkanes of at least 4 members (excludes halogenated alkanes) is 8. The highest BCUT2D eigenvalue weighted by atomic mass is 16.7. The first-order valence-electron chi connectivity index (χ1n) is 22.0. The minimum atomic E-state index is -0.747. The van der Waals surface area contributed by atoms with Crippen LogP contribution in [0.5, 0.6) is 0 Å². The van der Waals surface area contributed by atoms with Crippen LogP contribution in [0.15, 0.2) is 24.3 Å². The zero-order valence-corrected chi connectivity index (χ0v) is 34.5. The number of carbonyl (C=O) groups excluding carboxylic acids is 3. The summed E-state index contributed by atoms with van der Waals surface area (Å²) in [5.74, 6) is 1.47. The summed E-state index contributed by atoms with van der Waals surface area (Å²) in [6, 6.07) is 0. The summed E-state index contributed by atoms with van der Waals surface area (Å²) in [7, 11) is 0. The minimum absolute atomic E-state index is 0.0354. The van der Waals surface area contributed by atoms with Crippen molar-refractivity contribution in [1.29, 1.82) is 0 Å². The molecule has 0 aromatic carbocycles. The first kappa shape index (κ1) is 46.8. The lowest BCUT2D eigenvalue weighted by atomic mass is 9.69. The molecule has 0 aliphatic heterocycles. The number of rotatable bonds is 29. The second kappa shape index (κ2) is 30.9. The van der Waals surface area contributed by atoms with Crippen LogP contribution >= 0.6 is 0 Å². The fraction of sp³-hybridized carbons (Fsp3) is 0.844. The van der Waals surface area contributed by atoms with Crippen LogP contribution in [0.1, 0.15) is 169 Å². The molecule has 8 nitrogen and oxygen atoms in total. The van der Waals surface area contributed by atoms with Gasteiger partial charge in [-0.05, 0) is 114 Å². The fourth-order valence-electron chi connectivity index (χ4n) is 7.93. The van der Waals surface area contributed by atoms with Gasteiger partial charge in [0.15, 0.2) is 0 Å². The summed E-state index contributed by atoms with van der Waals surface area (Å²) in [5, 5.41) is 0. The molecule has 1 atom stereocenters. The summed E-state index contributed by atoms with van der Waals surface area (Å²) in [5.41, 5.74) is 0. The molecule has 0 amide bonds. The minimum Gasteiger partial charge on any atom is -0.465 e. The van der Waals surface area contributed by atoms with E-state index < -0.39 is 12.1 Å². The molecule has 0 aromatic rings. The summed E-state index contributed by atoms with van der Waals surface area (Å²) in [6.45, 7) is 11.9. The first-order chi connectivity index (χ1) is 25.9. The number of hydrogen-bond acceptors (Lipinski definition) is 8. The van der Waals surface area contributed by atoms with Crippen LogP contribution in [0.25, 0.3) is 0 Å². The van der Waals surface area contributed by atoms with Crippen molar-refractivity contribution in [2.45, 2.75) is 169 Å². The van der Waals surface area contributed by atoms with Crippen LogP contribution in [-0.4, -0.2) is 69.1 Å². The van der Waals surface area contributed by atoms with Gasteiger partial charge in [-0.15, -0.1) is 0 Å². The first-order valence-corrected chi connectivity index (χ1v) is 22.0. The summed E-state index contributed by atoms with van der Waals surface area (Å²) in [4.78, 5) is 40.3. The van der Waals surface area contributed by atoms with Gasteiger partial charge in [0, 0.05) is 13.0 Å². The quantitative estimate of drug-likeness (QED) is 0.0323. The third-order valence-electron chi connectivity index (χ3n) is 11.7. The second-order valence-corrected chi connectivity index (χ2v) is 15.8. The van der Waals surface area contributed by atoms with E-state index in [4.69, 9.17) is 18.9 Å². The predicted molar refractivity (Wildman–Crippen MR) is 216 cm³/mol. The van der Waals surface area contributed by atoms with Crippen molar-refractivity contribution >= 4 is 18.1 Å². The molecule has 2 fully saturated rings. The van der Waals surface area contributed by atoms with Crippen molar-refractivity contribution in [3.63, 3.8) is 0 Å². The van der Waals surface area contributed by atoms with Gasteiger partial charge in [0.1, 0.15) is 19.8 Å². The third-order valence-corrected chi connectivity index (χ3v) is 11.7. The van der Waals surface area contributed by atoms with E-state index in [9.17, 15) is 14.4 Å². The molecule has 8 heteroatoms. The van der Waals surface area contributed by atoms with Crippen LogP contribution < -0.4 is 0 Å². The molecule has 0 spiro atoms. The van der Waals surface area contributed by atoms with Gasteiger partial charge in [-0.1, -0.05) is 103 Å². The Balaban J connectivity index is 1.68. The van der Waals surface area contributed by atoms with Gasteiger partial charge >= 0.3 is 18.1 Å². The van der Waals surface area contributed by atoms with E-state index in [1.807, 2.05) is 0 Å². The zero-order chi connectivity index (χ0) is 38.4. The van der Waals surface area contributed by atoms with Gasteiger partial charge in [-0.2, -0.15) is 0 Å². The van der Waals surface area contributed by atoms with Gasteiger partial charge in [-0.3, -0.25) is 9.59 Å². The lowest BCUT2D eigenvalue weighted by Gasteiger charge is -2.37. The van der Waals surface area contributed by atoms with Gasteiger partial charge < -0.3 is 23.8 Å². The highest BCUT2D eigenvalue weighted by molar-refractivity contribution is 5.72. The maximum atomic E-state index is 13.1. The number of carbonyl (C=O) groups is 3. The van der Waals surface area contributed by atoms with E-state index in [-0.39, 0.29) is 44.3 Å². The molecular weight excluding hydrogens is 666 g/mol. The number of ether oxygens (including phenoxy) is 4. The molecule has 0 N–H and O–H groups in total. The molecule has 0 radical (unpaired) electrons. The normalized spacial score (nSPS) is 21.2. The largest absolute Gasteiger partial charge is 0.508 e. The molecule has 0 heterocycles. The van der Waals surface area contributed by atoms with E-state index in [1.165, 1.54) is 64.2 Å². The Labute approximate surface area is 324 Å². The average Bonchev–Trinajstić information content (AvgIpc) is 3.19. The van der Waals surface area contributed by atoms with E-state index in [2.05, 4.69) is 56.9 Å². The number of esters is 2. The zero-order valence-electron chi connectivity index (χ0n) is 34.5. The lowest BCUT2D eigenvalue weighted by Crippen LogP contribution is -2.31. The fourth-order valence-corrected chi connectivity index (χ4v) is 7.93. The Morgan fingerprint density at radius 3 is 1.85 bits per heavy atom. The smallest absolute Gasteiger partial charge is 0.465 e. The van der Waals surface area contributed by atoms with E-state index in [0.29, 0.717) is 6.42 Å². The maximum Gasteiger partial charge on any atom is 0.508 e. The van der Waals surface area contributed by atoms with Gasteiger partial charge in [0.05, 0.1) is 18.4 Å². The van der Waals surface area contributed by atoms with Crippen LogP contribution in [0, 0.1) is 29.6 Å². The second-order valence-electron chi connectivity index (χ2n) is 15.8. The molecule has 0 bridgehead atoms. The van der Waals surface area contributed by atoms with Gasteiger partial charge in [0.25, 0.3) is 0 Å². The molecular formula is C45H79NO7. The van der Waals surface area contributed by atoms with Crippen molar-refractivity contribution in [1.82, 2.24) is 4.90 Å². The van der Waals surface area contributed by atoms with E-state index >= 15 is 0 Å². The van der Waals surface area contributed by atoms with Crippen LogP contribution in [-0.2, 0) is 28.5 Å². The van der Waals surface area contributed by atoms with Crippen LogP contribution in [0.3, 0.4) is 0 Å². The topological polar surface area (TPSA) is 91.4 Å². The highest BCUT2D eigenvalue weighted by Crippen LogP contribution is 2.42. The number of allylic oxidation sites excluding steroid dienone is 4. The number of hydrogen-bond donors (Lipinski definition) is 0. The molecule has 2 aliphatic rings. The summed E-state index contributed by atoms with van der Waals surface area (Å²) in [6.07, 6.45) is 32.5.